The SMILES string of the molecule is COc1ccc(OC)c(C2CCCN2CC(=O)NCCc2ccccc2C)c1. The van der Waals surface area contributed by atoms with Crippen molar-refractivity contribution in [3.63, 3.8) is 0 Å². The minimum atomic E-state index is 0.0716. The lowest BCUT2D eigenvalue weighted by atomic mass is 10.0. The first kappa shape index (κ1) is 20.2. The fourth-order valence-corrected chi connectivity index (χ4v) is 3.93. The van der Waals surface area contributed by atoms with Crippen molar-refractivity contribution in [1.29, 1.82) is 0 Å². The molecule has 1 atom stereocenters. The smallest absolute Gasteiger partial charge is 0.234 e. The minimum Gasteiger partial charge on any atom is -0.497 e. The van der Waals surface area contributed by atoms with Crippen molar-refractivity contribution in [2.45, 2.75) is 32.2 Å². The number of nitrogens with one attached hydrogen (secondary N) is 1. The fraction of sp³-hybridized carbons (Fsp3) is 0.435. The van der Waals surface area contributed by atoms with Crippen LogP contribution < -0.4 is 14.8 Å². The first-order valence-corrected chi connectivity index (χ1v) is 9.89. The number of hydrogen-bond donors (Lipinski definition) is 1. The van der Waals surface area contributed by atoms with Gasteiger partial charge in [0.15, 0.2) is 0 Å². The largest absolute Gasteiger partial charge is 0.497 e. The third-order valence-corrected chi connectivity index (χ3v) is 5.48. The van der Waals surface area contributed by atoms with Crippen LogP contribution in [0.5, 0.6) is 11.5 Å². The van der Waals surface area contributed by atoms with Crippen LogP contribution in [-0.4, -0.2) is 44.7 Å². The van der Waals surface area contributed by atoms with E-state index in [0.29, 0.717) is 13.1 Å². The number of carbonyl (C=O) groups is 1. The van der Waals surface area contributed by atoms with Gasteiger partial charge in [0.2, 0.25) is 5.91 Å². The number of methoxy groups -OCH3 is 2. The molecular weight excluding hydrogens is 352 g/mol. The average Bonchev–Trinajstić information content (AvgIpc) is 3.16. The number of ether oxygens (including phenoxy) is 2. The van der Waals surface area contributed by atoms with Crippen LogP contribution in [0.3, 0.4) is 0 Å². The van der Waals surface area contributed by atoms with Crippen LogP contribution in [0.1, 0.15) is 35.6 Å². The molecule has 1 aliphatic heterocycles. The van der Waals surface area contributed by atoms with Crippen molar-refractivity contribution in [3.8, 4) is 11.5 Å². The molecule has 1 N–H and O–H groups in total. The Labute approximate surface area is 167 Å². The summed E-state index contributed by atoms with van der Waals surface area (Å²) < 4.78 is 10.9. The number of hydrogen-bond acceptors (Lipinski definition) is 4. The number of carbonyl (C=O) groups excluding carboxylic acids is 1. The van der Waals surface area contributed by atoms with Crippen molar-refractivity contribution in [1.82, 2.24) is 10.2 Å². The van der Waals surface area contributed by atoms with Crippen LogP contribution >= 0.6 is 0 Å². The minimum absolute atomic E-state index is 0.0716. The lowest BCUT2D eigenvalue weighted by molar-refractivity contribution is -0.122. The van der Waals surface area contributed by atoms with Gasteiger partial charge >= 0.3 is 0 Å². The molecule has 0 aromatic heterocycles. The van der Waals surface area contributed by atoms with Gasteiger partial charge in [-0.2, -0.15) is 0 Å². The molecular formula is C23H30N2O3. The maximum absolute atomic E-state index is 12.5. The highest BCUT2D eigenvalue weighted by Gasteiger charge is 2.30. The Kier molecular flexibility index (Phi) is 6.93. The molecule has 5 heteroatoms. The van der Waals surface area contributed by atoms with E-state index in [1.165, 1.54) is 11.1 Å². The van der Waals surface area contributed by atoms with Crippen molar-refractivity contribution in [2.75, 3.05) is 33.9 Å². The summed E-state index contributed by atoms with van der Waals surface area (Å²) in [6.07, 6.45) is 2.94. The molecule has 1 heterocycles. The number of likely N-dealkylation sites (tertiary alicyclic amines) is 1. The van der Waals surface area contributed by atoms with Gasteiger partial charge in [0, 0.05) is 18.2 Å². The molecule has 0 bridgehead atoms. The molecule has 1 aliphatic rings. The quantitative estimate of drug-likeness (QED) is 0.759. The Hall–Kier alpha value is -2.53. The van der Waals surface area contributed by atoms with Crippen molar-refractivity contribution >= 4 is 5.91 Å². The van der Waals surface area contributed by atoms with Crippen LogP contribution in [0.15, 0.2) is 42.5 Å². The lowest BCUT2D eigenvalue weighted by Gasteiger charge is -2.26. The van der Waals surface area contributed by atoms with Gasteiger partial charge in [-0.05, 0) is 62.1 Å². The normalized spacial score (nSPS) is 16.8. The molecule has 1 fully saturated rings. The Morgan fingerprint density at radius 2 is 2.00 bits per heavy atom. The summed E-state index contributed by atoms with van der Waals surface area (Å²) in [5, 5.41) is 3.07. The van der Waals surface area contributed by atoms with Crippen LogP contribution in [0, 0.1) is 6.92 Å². The molecule has 0 spiro atoms. The fourth-order valence-electron chi connectivity index (χ4n) is 3.93. The summed E-state index contributed by atoms with van der Waals surface area (Å²) >= 11 is 0. The molecule has 28 heavy (non-hydrogen) atoms. The summed E-state index contributed by atoms with van der Waals surface area (Å²) in [4.78, 5) is 14.8. The van der Waals surface area contributed by atoms with Gasteiger partial charge < -0.3 is 14.8 Å². The Morgan fingerprint density at radius 3 is 2.75 bits per heavy atom. The van der Waals surface area contributed by atoms with E-state index in [4.69, 9.17) is 9.47 Å². The highest BCUT2D eigenvalue weighted by Crippen LogP contribution is 2.38. The molecule has 3 rings (SSSR count). The maximum Gasteiger partial charge on any atom is 0.234 e. The summed E-state index contributed by atoms with van der Waals surface area (Å²) in [5.41, 5.74) is 3.64. The molecule has 1 unspecified atom stereocenters. The first-order valence-electron chi connectivity index (χ1n) is 9.89. The predicted octanol–water partition coefficient (Wildman–Crippen LogP) is 3.51. The molecule has 0 aliphatic carbocycles. The Bertz CT molecular complexity index is 806. The Morgan fingerprint density at radius 1 is 1.18 bits per heavy atom. The molecule has 0 radical (unpaired) electrons. The summed E-state index contributed by atoms with van der Waals surface area (Å²) in [7, 11) is 3.35. The van der Waals surface area contributed by atoms with E-state index in [0.717, 1.165) is 42.9 Å². The molecule has 0 saturated carbocycles. The number of amides is 1. The van der Waals surface area contributed by atoms with E-state index in [1.54, 1.807) is 14.2 Å². The molecule has 150 valence electrons. The highest BCUT2D eigenvalue weighted by atomic mass is 16.5. The van der Waals surface area contributed by atoms with E-state index >= 15 is 0 Å². The zero-order valence-corrected chi connectivity index (χ0v) is 17.0. The van der Waals surface area contributed by atoms with Gasteiger partial charge in [0.05, 0.1) is 20.8 Å². The Balaban J connectivity index is 1.59. The van der Waals surface area contributed by atoms with Crippen LogP contribution in [0.2, 0.25) is 0 Å². The highest BCUT2D eigenvalue weighted by molar-refractivity contribution is 5.78. The zero-order chi connectivity index (χ0) is 19.9. The molecule has 5 nitrogen and oxygen atoms in total. The van der Waals surface area contributed by atoms with Crippen molar-refractivity contribution in [2.24, 2.45) is 0 Å². The lowest BCUT2D eigenvalue weighted by Crippen LogP contribution is -2.37. The van der Waals surface area contributed by atoms with E-state index in [2.05, 4.69) is 29.3 Å². The molecule has 2 aromatic rings. The molecule has 1 amide bonds. The second-order valence-corrected chi connectivity index (χ2v) is 7.26. The van der Waals surface area contributed by atoms with Gasteiger partial charge in [0.1, 0.15) is 11.5 Å². The summed E-state index contributed by atoms with van der Waals surface area (Å²) in [6, 6.07) is 14.3. The van der Waals surface area contributed by atoms with Gasteiger partial charge in [-0.1, -0.05) is 24.3 Å². The maximum atomic E-state index is 12.5. The van der Waals surface area contributed by atoms with Crippen molar-refractivity contribution < 1.29 is 14.3 Å². The number of rotatable bonds is 8. The monoisotopic (exact) mass is 382 g/mol. The number of benzene rings is 2. The number of aryl methyl sites for hydroxylation is 1. The van der Waals surface area contributed by atoms with Crippen molar-refractivity contribution in [3.05, 3.63) is 59.2 Å². The first-order chi connectivity index (χ1) is 13.6. The number of nitrogens with zero attached hydrogens (tertiary/aromatic N) is 1. The van der Waals surface area contributed by atoms with E-state index in [9.17, 15) is 4.79 Å². The van der Waals surface area contributed by atoms with E-state index in [1.807, 2.05) is 30.3 Å². The van der Waals surface area contributed by atoms with Crippen LogP contribution in [0.4, 0.5) is 0 Å². The van der Waals surface area contributed by atoms with Crippen LogP contribution in [-0.2, 0) is 11.2 Å². The second-order valence-electron chi connectivity index (χ2n) is 7.26. The predicted molar refractivity (Wildman–Crippen MR) is 111 cm³/mol. The van der Waals surface area contributed by atoms with Gasteiger partial charge in [-0.25, -0.2) is 0 Å². The standard InChI is InChI=1S/C23H30N2O3/c1-17-7-4-5-8-18(17)12-13-24-23(26)16-25-14-6-9-21(25)20-15-19(27-2)10-11-22(20)28-3/h4-5,7-8,10-11,15,21H,6,9,12-14,16H2,1-3H3,(H,24,26). The topological polar surface area (TPSA) is 50.8 Å². The summed E-state index contributed by atoms with van der Waals surface area (Å²) in [6.45, 7) is 4.08. The molecule has 2 aromatic carbocycles. The third-order valence-electron chi connectivity index (χ3n) is 5.48. The zero-order valence-electron chi connectivity index (χ0n) is 17.0. The molecule has 1 saturated heterocycles. The summed E-state index contributed by atoms with van der Waals surface area (Å²) in [5.74, 6) is 1.73. The third kappa shape index (κ3) is 4.84. The second kappa shape index (κ2) is 9.60. The van der Waals surface area contributed by atoms with Gasteiger partial charge in [-0.3, -0.25) is 9.69 Å². The van der Waals surface area contributed by atoms with Crippen LogP contribution in [0.25, 0.3) is 0 Å². The van der Waals surface area contributed by atoms with Gasteiger partial charge in [-0.15, -0.1) is 0 Å². The van der Waals surface area contributed by atoms with Gasteiger partial charge in [0.25, 0.3) is 0 Å². The average molecular weight is 383 g/mol. The van der Waals surface area contributed by atoms with E-state index < -0.39 is 0 Å². The van der Waals surface area contributed by atoms with E-state index in [-0.39, 0.29) is 11.9 Å².